The highest BCUT2D eigenvalue weighted by Gasteiger charge is 2.16. The van der Waals surface area contributed by atoms with Crippen LogP contribution in [0.5, 0.6) is 0 Å². The smallest absolute Gasteiger partial charge is 0.243 e. The van der Waals surface area contributed by atoms with E-state index in [4.69, 9.17) is 5.26 Å². The van der Waals surface area contributed by atoms with Gasteiger partial charge in [-0.3, -0.25) is 4.79 Å². The first kappa shape index (κ1) is 15.9. The molecule has 122 valence electrons. The monoisotopic (exact) mass is 320 g/mol. The van der Waals surface area contributed by atoms with Crippen LogP contribution in [0.25, 0.3) is 0 Å². The van der Waals surface area contributed by atoms with Gasteiger partial charge in [0.25, 0.3) is 0 Å². The SMILES string of the molecule is N#Cc1ccc(NCC(=O)Nc2ccccc2N2CCCC2)cc1. The molecule has 0 radical (unpaired) electrons. The molecule has 1 aliphatic heterocycles. The van der Waals surface area contributed by atoms with E-state index >= 15 is 0 Å². The van der Waals surface area contributed by atoms with E-state index in [1.165, 1.54) is 12.8 Å². The van der Waals surface area contributed by atoms with Gasteiger partial charge in [0.1, 0.15) is 0 Å². The maximum Gasteiger partial charge on any atom is 0.243 e. The van der Waals surface area contributed by atoms with Crippen molar-refractivity contribution in [2.45, 2.75) is 12.8 Å². The van der Waals surface area contributed by atoms with Crippen LogP contribution in [-0.2, 0) is 4.79 Å². The number of nitriles is 1. The molecule has 0 bridgehead atoms. The molecule has 5 heteroatoms. The first-order chi connectivity index (χ1) is 11.8. The van der Waals surface area contributed by atoms with Gasteiger partial charge in [0, 0.05) is 18.8 Å². The molecule has 0 saturated carbocycles. The van der Waals surface area contributed by atoms with E-state index in [9.17, 15) is 4.79 Å². The van der Waals surface area contributed by atoms with Gasteiger partial charge >= 0.3 is 0 Å². The number of rotatable bonds is 5. The van der Waals surface area contributed by atoms with Gasteiger partial charge in [-0.2, -0.15) is 5.26 Å². The largest absolute Gasteiger partial charge is 0.376 e. The Kier molecular flexibility index (Phi) is 4.97. The summed E-state index contributed by atoms with van der Waals surface area (Å²) in [4.78, 5) is 14.5. The lowest BCUT2D eigenvalue weighted by Crippen LogP contribution is -2.24. The second-order valence-electron chi connectivity index (χ2n) is 5.80. The zero-order valence-corrected chi connectivity index (χ0v) is 13.5. The van der Waals surface area contributed by atoms with Gasteiger partial charge in [0.15, 0.2) is 0 Å². The zero-order valence-electron chi connectivity index (χ0n) is 13.5. The van der Waals surface area contributed by atoms with Crippen LogP contribution >= 0.6 is 0 Å². The average molecular weight is 320 g/mol. The van der Waals surface area contributed by atoms with Crippen LogP contribution in [0.1, 0.15) is 18.4 Å². The van der Waals surface area contributed by atoms with Crippen LogP contribution in [0.15, 0.2) is 48.5 Å². The van der Waals surface area contributed by atoms with Crippen LogP contribution in [0, 0.1) is 11.3 Å². The van der Waals surface area contributed by atoms with Crippen LogP contribution in [0.2, 0.25) is 0 Å². The van der Waals surface area contributed by atoms with E-state index in [0.717, 1.165) is 30.2 Å². The number of carbonyl (C=O) groups excluding carboxylic acids is 1. The Hall–Kier alpha value is -3.00. The molecule has 1 amide bonds. The van der Waals surface area contributed by atoms with Gasteiger partial charge in [-0.1, -0.05) is 12.1 Å². The molecule has 0 aromatic heterocycles. The third-order valence-corrected chi connectivity index (χ3v) is 4.09. The summed E-state index contributed by atoms with van der Waals surface area (Å²) in [5.41, 5.74) is 3.36. The molecule has 2 aromatic rings. The highest BCUT2D eigenvalue weighted by Crippen LogP contribution is 2.28. The Balaban J connectivity index is 1.59. The van der Waals surface area contributed by atoms with Crippen LogP contribution in [-0.4, -0.2) is 25.5 Å². The number of nitrogens with one attached hydrogen (secondary N) is 2. The number of carbonyl (C=O) groups is 1. The third-order valence-electron chi connectivity index (χ3n) is 4.09. The fraction of sp³-hybridized carbons (Fsp3) is 0.263. The summed E-state index contributed by atoms with van der Waals surface area (Å²) in [5.74, 6) is -0.0917. The first-order valence-corrected chi connectivity index (χ1v) is 8.14. The molecule has 1 saturated heterocycles. The average Bonchev–Trinajstić information content (AvgIpc) is 3.15. The van der Waals surface area contributed by atoms with E-state index in [1.807, 2.05) is 18.2 Å². The number of amides is 1. The second-order valence-corrected chi connectivity index (χ2v) is 5.80. The maximum atomic E-state index is 12.2. The van der Waals surface area contributed by atoms with Gasteiger partial charge in [0.05, 0.1) is 29.6 Å². The molecule has 0 atom stereocenters. The Labute approximate surface area is 141 Å². The number of anilines is 3. The standard InChI is InChI=1S/C19H20N4O/c20-13-15-7-9-16(10-8-15)21-14-19(24)22-17-5-1-2-6-18(17)23-11-3-4-12-23/h1-2,5-10,21H,3-4,11-12,14H2,(H,22,24). The Morgan fingerprint density at radius 1 is 1.08 bits per heavy atom. The van der Waals surface area contributed by atoms with Crippen molar-refractivity contribution in [2.75, 3.05) is 35.2 Å². The van der Waals surface area contributed by atoms with Crippen LogP contribution in [0.3, 0.4) is 0 Å². The molecule has 0 spiro atoms. The molecule has 1 fully saturated rings. The summed E-state index contributed by atoms with van der Waals surface area (Å²) in [7, 11) is 0. The van der Waals surface area contributed by atoms with Crippen molar-refractivity contribution in [3.63, 3.8) is 0 Å². The topological polar surface area (TPSA) is 68.2 Å². The molecule has 24 heavy (non-hydrogen) atoms. The summed E-state index contributed by atoms with van der Waals surface area (Å²) >= 11 is 0. The van der Waals surface area contributed by atoms with Gasteiger partial charge in [-0.05, 0) is 49.2 Å². The van der Waals surface area contributed by atoms with E-state index in [2.05, 4.69) is 27.7 Å². The minimum atomic E-state index is -0.0917. The molecular weight excluding hydrogens is 300 g/mol. The predicted molar refractivity (Wildman–Crippen MR) is 96.2 cm³/mol. The third kappa shape index (κ3) is 3.85. The van der Waals surface area contributed by atoms with E-state index in [0.29, 0.717) is 5.56 Å². The fourth-order valence-electron chi connectivity index (χ4n) is 2.85. The summed E-state index contributed by atoms with van der Waals surface area (Å²) in [6.45, 7) is 2.26. The van der Waals surface area contributed by atoms with Gasteiger partial charge < -0.3 is 15.5 Å². The second kappa shape index (κ2) is 7.51. The minimum absolute atomic E-state index is 0.0917. The van der Waals surface area contributed by atoms with Crippen molar-refractivity contribution in [1.82, 2.24) is 0 Å². The lowest BCUT2D eigenvalue weighted by molar-refractivity contribution is -0.114. The molecule has 2 N–H and O–H groups in total. The van der Waals surface area contributed by atoms with Gasteiger partial charge in [0.2, 0.25) is 5.91 Å². The minimum Gasteiger partial charge on any atom is -0.376 e. The Bertz CT molecular complexity index is 743. The number of nitrogens with zero attached hydrogens (tertiary/aromatic N) is 2. The molecule has 5 nitrogen and oxygen atoms in total. The van der Waals surface area contributed by atoms with Crippen molar-refractivity contribution in [3.8, 4) is 6.07 Å². The summed E-state index contributed by atoms with van der Waals surface area (Å²) < 4.78 is 0. The molecule has 0 aliphatic carbocycles. The first-order valence-electron chi connectivity index (χ1n) is 8.14. The zero-order chi connectivity index (χ0) is 16.8. The van der Waals surface area contributed by atoms with E-state index < -0.39 is 0 Å². The number of hydrogen-bond donors (Lipinski definition) is 2. The lowest BCUT2D eigenvalue weighted by atomic mass is 10.2. The highest BCUT2D eigenvalue weighted by molar-refractivity contribution is 5.96. The van der Waals surface area contributed by atoms with Gasteiger partial charge in [-0.25, -0.2) is 0 Å². The summed E-state index contributed by atoms with van der Waals surface area (Å²) in [5, 5.41) is 14.8. The number of hydrogen-bond acceptors (Lipinski definition) is 4. The molecule has 2 aromatic carbocycles. The maximum absolute atomic E-state index is 12.2. The summed E-state index contributed by atoms with van der Waals surface area (Å²) in [6.07, 6.45) is 2.39. The van der Waals surface area contributed by atoms with E-state index in [-0.39, 0.29) is 12.5 Å². The molecular formula is C19H20N4O. The highest BCUT2D eigenvalue weighted by atomic mass is 16.1. The molecule has 1 aliphatic rings. The van der Waals surface area contributed by atoms with Gasteiger partial charge in [-0.15, -0.1) is 0 Å². The van der Waals surface area contributed by atoms with Crippen molar-refractivity contribution in [2.24, 2.45) is 0 Å². The van der Waals surface area contributed by atoms with Crippen molar-refractivity contribution < 1.29 is 4.79 Å². The molecule has 0 unspecified atom stereocenters. The predicted octanol–water partition coefficient (Wildman–Crippen LogP) is 3.21. The quantitative estimate of drug-likeness (QED) is 0.887. The van der Waals surface area contributed by atoms with Crippen molar-refractivity contribution in [3.05, 3.63) is 54.1 Å². The van der Waals surface area contributed by atoms with Crippen LogP contribution < -0.4 is 15.5 Å². The fourth-order valence-corrected chi connectivity index (χ4v) is 2.85. The van der Waals surface area contributed by atoms with E-state index in [1.54, 1.807) is 24.3 Å². The van der Waals surface area contributed by atoms with Crippen molar-refractivity contribution in [1.29, 1.82) is 5.26 Å². The Morgan fingerprint density at radius 2 is 1.79 bits per heavy atom. The Morgan fingerprint density at radius 3 is 2.50 bits per heavy atom. The number of para-hydroxylation sites is 2. The van der Waals surface area contributed by atoms with Crippen LogP contribution in [0.4, 0.5) is 17.1 Å². The summed E-state index contributed by atoms with van der Waals surface area (Å²) in [6, 6.07) is 17.0. The molecule has 1 heterocycles. The normalized spacial score (nSPS) is 13.4. The molecule has 3 rings (SSSR count). The van der Waals surface area contributed by atoms with Crippen molar-refractivity contribution >= 4 is 23.0 Å². The lowest BCUT2D eigenvalue weighted by Gasteiger charge is -2.21. The number of benzene rings is 2.